The van der Waals surface area contributed by atoms with E-state index in [0.717, 1.165) is 17.8 Å². The largest absolute Gasteiger partial charge is 1.00 e. The lowest BCUT2D eigenvalue weighted by atomic mass is 10.1. The Balaban J connectivity index is 0. The first-order valence-electron chi connectivity index (χ1n) is 10.6. The van der Waals surface area contributed by atoms with Crippen molar-refractivity contribution in [2.24, 2.45) is 0 Å². The number of ether oxygens (including phenoxy) is 1. The minimum Gasteiger partial charge on any atom is -1.00 e. The Morgan fingerprint density at radius 3 is 1.56 bits per heavy atom. The van der Waals surface area contributed by atoms with E-state index in [1.807, 2.05) is 0 Å². The highest BCUT2D eigenvalue weighted by molar-refractivity contribution is 4.81. The van der Waals surface area contributed by atoms with Crippen molar-refractivity contribution in [3.05, 3.63) is 12.2 Å². The van der Waals surface area contributed by atoms with Crippen LogP contribution in [0.5, 0.6) is 0 Å². The van der Waals surface area contributed by atoms with Gasteiger partial charge in [0, 0.05) is 0 Å². The first-order chi connectivity index (χ1) is 11.6. The van der Waals surface area contributed by atoms with Gasteiger partial charge >= 0.3 is 0 Å². The van der Waals surface area contributed by atoms with E-state index in [0.29, 0.717) is 0 Å². The lowest BCUT2D eigenvalue weighted by Crippen LogP contribution is -3.00. The molecule has 0 N–H and O–H groups in total. The molecule has 0 bridgehead atoms. The Morgan fingerprint density at radius 1 is 0.640 bits per heavy atom. The summed E-state index contributed by atoms with van der Waals surface area (Å²) in [5.41, 5.74) is 0. The van der Waals surface area contributed by atoms with E-state index in [2.05, 4.69) is 40.2 Å². The monoisotopic (exact) mass is 375 g/mol. The van der Waals surface area contributed by atoms with Crippen LogP contribution in [0.1, 0.15) is 96.8 Å². The molecule has 0 fully saturated rings. The zero-order valence-electron chi connectivity index (χ0n) is 17.7. The molecule has 0 atom stereocenters. The van der Waals surface area contributed by atoms with Crippen LogP contribution in [0.2, 0.25) is 0 Å². The van der Waals surface area contributed by atoms with Gasteiger partial charge in [0.1, 0.15) is 0 Å². The summed E-state index contributed by atoms with van der Waals surface area (Å²) in [6.45, 7) is 4.03. The molecule has 0 saturated carbocycles. The lowest BCUT2D eigenvalue weighted by molar-refractivity contribution is -0.890. The van der Waals surface area contributed by atoms with E-state index in [9.17, 15) is 0 Å². The fraction of sp³-hybridized carbons (Fsp3) is 0.909. The fourth-order valence-corrected chi connectivity index (χ4v) is 2.79. The third-order valence-corrected chi connectivity index (χ3v) is 4.28. The predicted octanol–water partition coefficient (Wildman–Crippen LogP) is 3.71. The topological polar surface area (TPSA) is 9.23 Å². The molecule has 0 radical (unpaired) electrons. The smallest absolute Gasteiger partial charge is 0.182 e. The predicted molar refractivity (Wildman–Crippen MR) is 108 cm³/mol. The summed E-state index contributed by atoms with van der Waals surface area (Å²) in [7, 11) is 6.51. The molecule has 2 nitrogen and oxygen atoms in total. The van der Waals surface area contributed by atoms with Crippen LogP contribution in [0, 0.1) is 0 Å². The maximum Gasteiger partial charge on any atom is 0.182 e. The second kappa shape index (κ2) is 20.3. The molecule has 25 heavy (non-hydrogen) atoms. The zero-order valence-corrected chi connectivity index (χ0v) is 18.5. The van der Waals surface area contributed by atoms with Crippen molar-refractivity contribution in [3.8, 4) is 0 Å². The SMILES string of the molecule is CCCCCCCC/C=C\CCCCCCCCOC[N+](C)(C)C.[Cl-]. The Hall–Kier alpha value is -0.0500. The third kappa shape index (κ3) is 26.3. The molecule has 3 heteroatoms. The van der Waals surface area contributed by atoms with Crippen molar-refractivity contribution < 1.29 is 21.6 Å². The van der Waals surface area contributed by atoms with Crippen molar-refractivity contribution in [3.63, 3.8) is 0 Å². The summed E-state index contributed by atoms with van der Waals surface area (Å²) in [4.78, 5) is 0. The minimum absolute atomic E-state index is 0. The molecule has 0 amide bonds. The molecular formula is C22H46ClNO. The van der Waals surface area contributed by atoms with Crippen LogP contribution in [-0.2, 0) is 4.74 Å². The van der Waals surface area contributed by atoms with Crippen molar-refractivity contribution in [1.29, 1.82) is 0 Å². The van der Waals surface area contributed by atoms with E-state index >= 15 is 0 Å². The van der Waals surface area contributed by atoms with Crippen LogP contribution in [0.4, 0.5) is 0 Å². The maximum absolute atomic E-state index is 5.68. The van der Waals surface area contributed by atoms with Crippen LogP contribution >= 0.6 is 0 Å². The zero-order chi connectivity index (χ0) is 17.9. The number of rotatable bonds is 18. The number of hydrogen-bond acceptors (Lipinski definition) is 1. The molecule has 0 aromatic carbocycles. The van der Waals surface area contributed by atoms with Gasteiger partial charge in [-0.1, -0.05) is 76.9 Å². The normalized spacial score (nSPS) is 11.8. The first-order valence-corrected chi connectivity index (χ1v) is 10.6. The van der Waals surface area contributed by atoms with Crippen LogP contribution in [0.15, 0.2) is 12.2 Å². The van der Waals surface area contributed by atoms with Crippen molar-refractivity contribution in [1.82, 2.24) is 0 Å². The molecule has 0 aliphatic rings. The molecule has 0 aliphatic heterocycles. The van der Waals surface area contributed by atoms with Gasteiger partial charge in [-0.2, -0.15) is 0 Å². The summed E-state index contributed by atoms with van der Waals surface area (Å²) in [6, 6.07) is 0. The highest BCUT2D eigenvalue weighted by atomic mass is 35.5. The number of allylic oxidation sites excluding steroid dienone is 2. The van der Waals surface area contributed by atoms with Gasteiger partial charge in [0.25, 0.3) is 0 Å². The highest BCUT2D eigenvalue weighted by Gasteiger charge is 2.05. The van der Waals surface area contributed by atoms with Gasteiger partial charge in [0.15, 0.2) is 6.73 Å². The van der Waals surface area contributed by atoms with Crippen molar-refractivity contribution in [2.45, 2.75) is 96.8 Å². The van der Waals surface area contributed by atoms with Crippen molar-refractivity contribution in [2.75, 3.05) is 34.5 Å². The molecule has 0 unspecified atom stereocenters. The van der Waals surface area contributed by atoms with Gasteiger partial charge in [0.05, 0.1) is 27.7 Å². The molecule has 0 saturated heterocycles. The summed E-state index contributed by atoms with van der Waals surface area (Å²) in [5, 5.41) is 0. The summed E-state index contributed by atoms with van der Waals surface area (Å²) < 4.78 is 6.58. The molecule has 0 aromatic rings. The molecule has 152 valence electrons. The number of quaternary nitrogens is 1. The van der Waals surface area contributed by atoms with Gasteiger partial charge in [-0.3, -0.25) is 0 Å². The number of unbranched alkanes of at least 4 members (excludes halogenated alkanes) is 12. The standard InChI is InChI=1S/C22H46NO.ClH/c1-5-6-7-8-9-10-11-12-13-14-15-16-17-18-19-20-21-24-22-23(2,3)4;/h12-13H,5-11,14-22H2,1-4H3;1H/q+1;/p-1/b13-12-;. The Labute approximate surface area is 165 Å². The van der Waals surface area contributed by atoms with Crippen LogP contribution in [-0.4, -0.2) is 39.0 Å². The highest BCUT2D eigenvalue weighted by Crippen LogP contribution is 2.10. The average molecular weight is 376 g/mol. The van der Waals surface area contributed by atoms with Crippen molar-refractivity contribution >= 4 is 0 Å². The average Bonchev–Trinajstić information content (AvgIpc) is 2.52. The van der Waals surface area contributed by atoms with E-state index in [-0.39, 0.29) is 12.4 Å². The molecule has 0 aliphatic carbocycles. The number of nitrogens with zero attached hydrogens (tertiary/aromatic N) is 1. The molecule has 0 rings (SSSR count). The fourth-order valence-electron chi connectivity index (χ4n) is 2.79. The van der Waals surface area contributed by atoms with Crippen LogP contribution < -0.4 is 12.4 Å². The Kier molecular flexibility index (Phi) is 22.0. The third-order valence-electron chi connectivity index (χ3n) is 4.28. The maximum atomic E-state index is 5.68. The number of hydrogen-bond donors (Lipinski definition) is 0. The van der Waals surface area contributed by atoms with Gasteiger partial charge < -0.3 is 21.6 Å². The van der Waals surface area contributed by atoms with Gasteiger partial charge in [-0.25, -0.2) is 0 Å². The minimum atomic E-state index is 0. The summed E-state index contributed by atoms with van der Waals surface area (Å²) in [6.07, 6.45) is 23.9. The van der Waals surface area contributed by atoms with Gasteiger partial charge in [0.2, 0.25) is 0 Å². The Morgan fingerprint density at radius 2 is 1.08 bits per heavy atom. The van der Waals surface area contributed by atoms with E-state index in [1.165, 1.54) is 89.9 Å². The van der Waals surface area contributed by atoms with Gasteiger partial charge in [-0.15, -0.1) is 0 Å². The molecule has 0 heterocycles. The molecular weight excluding hydrogens is 330 g/mol. The second-order valence-corrected chi connectivity index (χ2v) is 8.27. The first kappa shape index (κ1) is 27.2. The quantitative estimate of drug-likeness (QED) is 0.153. The lowest BCUT2D eigenvalue weighted by Gasteiger charge is -2.23. The van der Waals surface area contributed by atoms with E-state index < -0.39 is 0 Å². The van der Waals surface area contributed by atoms with E-state index in [1.54, 1.807) is 0 Å². The molecule has 0 spiro atoms. The van der Waals surface area contributed by atoms with Crippen LogP contribution in [0.25, 0.3) is 0 Å². The number of halogens is 1. The van der Waals surface area contributed by atoms with E-state index in [4.69, 9.17) is 4.74 Å². The van der Waals surface area contributed by atoms with Gasteiger partial charge in [-0.05, 0) is 32.1 Å². The Bertz CT molecular complexity index is 274. The second-order valence-electron chi connectivity index (χ2n) is 8.27. The summed E-state index contributed by atoms with van der Waals surface area (Å²) >= 11 is 0. The van der Waals surface area contributed by atoms with Crippen LogP contribution in [0.3, 0.4) is 0 Å². The molecule has 0 aromatic heterocycles. The summed E-state index contributed by atoms with van der Waals surface area (Å²) in [5.74, 6) is 0.